The lowest BCUT2D eigenvalue weighted by atomic mass is 10.0. The molecule has 2 aromatic carbocycles. The summed E-state index contributed by atoms with van der Waals surface area (Å²) >= 11 is 0. The molecular formula is C24H30N4O8. The van der Waals surface area contributed by atoms with Crippen LogP contribution in [0.1, 0.15) is 25.7 Å². The number of benzene rings is 2. The Hall–Kier alpha value is -3.61. The van der Waals surface area contributed by atoms with Crippen molar-refractivity contribution in [3.05, 3.63) is 68.8 Å². The van der Waals surface area contributed by atoms with Crippen LogP contribution in [0.5, 0.6) is 0 Å². The second-order valence-electron chi connectivity index (χ2n) is 8.67. The molecule has 0 amide bonds. The van der Waals surface area contributed by atoms with Crippen molar-refractivity contribution in [3.63, 3.8) is 0 Å². The Bertz CT molecular complexity index is 1030. The Balaban J connectivity index is 0.000000198. The van der Waals surface area contributed by atoms with Gasteiger partial charge in [0.05, 0.1) is 23.1 Å². The summed E-state index contributed by atoms with van der Waals surface area (Å²) < 4.78 is 11.4. The lowest BCUT2D eigenvalue weighted by Gasteiger charge is -2.38. The Morgan fingerprint density at radius 1 is 0.694 bits per heavy atom. The number of hydrogen-bond acceptors (Lipinski definition) is 9. The van der Waals surface area contributed by atoms with Crippen molar-refractivity contribution in [1.29, 1.82) is 0 Å². The van der Waals surface area contributed by atoms with E-state index >= 15 is 0 Å². The van der Waals surface area contributed by atoms with Gasteiger partial charge in [0, 0.05) is 87.5 Å². The summed E-state index contributed by atoms with van der Waals surface area (Å²) in [6.07, 6.45) is 2.81. The minimum atomic E-state index is -0.413. The highest BCUT2D eigenvalue weighted by Crippen LogP contribution is 2.33. The first-order chi connectivity index (χ1) is 16.8. The second-order valence-corrected chi connectivity index (χ2v) is 8.67. The third-order valence-electron chi connectivity index (χ3n) is 6.51. The van der Waals surface area contributed by atoms with Crippen LogP contribution in [0, 0.1) is 20.2 Å². The molecule has 2 aromatic rings. The number of hydrogen-bond donors (Lipinski definition) is 0. The topological polar surface area (TPSA) is 160 Å². The largest absolute Gasteiger partial charge is 0.412 e. The SMILES string of the molecule is O.O=C1CCN(c2ccc([N+](=O)[O-])cc2)CC1.O=[N+]([O-])c1ccc(N2CCC3(CC2)OCCO3)cc1. The third kappa shape index (κ3) is 6.53. The number of carbonyl (C=O) groups excluding carboxylic acids is 1. The monoisotopic (exact) mass is 502 g/mol. The van der Waals surface area contributed by atoms with E-state index in [1.807, 2.05) is 0 Å². The standard InChI is InChI=1S/C13H16N2O4.C11H12N2O3.H2O/c16-15(17)12-3-1-11(2-4-12)14-7-5-13(6-8-14)18-9-10-19-13;14-11-5-7-12(8-6-11)9-1-3-10(4-2-9)13(15)16;/h1-4H,5-10H2;1-4H,5-8H2;1H2. The molecule has 3 aliphatic rings. The van der Waals surface area contributed by atoms with Gasteiger partial charge >= 0.3 is 0 Å². The van der Waals surface area contributed by atoms with Crippen molar-refractivity contribution >= 4 is 28.5 Å². The minimum absolute atomic E-state index is 0. The van der Waals surface area contributed by atoms with Crippen molar-refractivity contribution < 1.29 is 29.6 Å². The van der Waals surface area contributed by atoms with E-state index in [1.54, 1.807) is 36.4 Å². The highest BCUT2D eigenvalue weighted by Gasteiger charge is 2.39. The second kappa shape index (κ2) is 11.9. The molecule has 36 heavy (non-hydrogen) atoms. The van der Waals surface area contributed by atoms with Crippen LogP contribution in [-0.4, -0.2) is 66.3 Å². The van der Waals surface area contributed by atoms with Crippen LogP contribution >= 0.6 is 0 Å². The van der Waals surface area contributed by atoms with E-state index in [-0.39, 0.29) is 33.3 Å². The maximum absolute atomic E-state index is 11.1. The number of nitro groups is 2. The van der Waals surface area contributed by atoms with Gasteiger partial charge in [-0.1, -0.05) is 0 Å². The molecule has 5 rings (SSSR count). The molecule has 0 aliphatic carbocycles. The van der Waals surface area contributed by atoms with Gasteiger partial charge in [-0.05, 0) is 24.3 Å². The fourth-order valence-electron chi connectivity index (χ4n) is 4.48. The zero-order chi connectivity index (χ0) is 24.8. The van der Waals surface area contributed by atoms with Crippen LogP contribution in [0.2, 0.25) is 0 Å². The first-order valence-electron chi connectivity index (χ1n) is 11.6. The van der Waals surface area contributed by atoms with Gasteiger partial charge in [-0.3, -0.25) is 25.0 Å². The predicted molar refractivity (Wildman–Crippen MR) is 132 cm³/mol. The summed E-state index contributed by atoms with van der Waals surface area (Å²) in [5, 5.41) is 21.1. The van der Waals surface area contributed by atoms with Gasteiger partial charge in [0.1, 0.15) is 5.78 Å². The maximum atomic E-state index is 11.1. The molecule has 12 nitrogen and oxygen atoms in total. The van der Waals surface area contributed by atoms with Gasteiger partial charge in [-0.2, -0.15) is 0 Å². The normalized spacial score (nSPS) is 18.7. The molecule has 3 aliphatic heterocycles. The number of ketones is 1. The van der Waals surface area contributed by atoms with E-state index in [0.29, 0.717) is 39.1 Å². The highest BCUT2D eigenvalue weighted by atomic mass is 16.7. The fraction of sp³-hybridized carbons (Fsp3) is 0.458. The average molecular weight is 503 g/mol. The Labute approximate surface area is 208 Å². The zero-order valence-corrected chi connectivity index (χ0v) is 19.8. The smallest absolute Gasteiger partial charge is 0.269 e. The quantitative estimate of drug-likeness (QED) is 0.452. The van der Waals surface area contributed by atoms with Gasteiger partial charge < -0.3 is 24.7 Å². The molecule has 194 valence electrons. The molecule has 2 N–H and O–H groups in total. The van der Waals surface area contributed by atoms with E-state index in [4.69, 9.17) is 9.47 Å². The van der Waals surface area contributed by atoms with Crippen molar-refractivity contribution in [2.24, 2.45) is 0 Å². The molecule has 0 unspecified atom stereocenters. The molecular weight excluding hydrogens is 472 g/mol. The lowest BCUT2D eigenvalue weighted by molar-refractivity contribution is -0.385. The number of nitro benzene ring substituents is 2. The Kier molecular flexibility index (Phi) is 8.91. The van der Waals surface area contributed by atoms with Crippen LogP contribution in [0.15, 0.2) is 48.5 Å². The van der Waals surface area contributed by atoms with Crippen molar-refractivity contribution in [2.75, 3.05) is 49.2 Å². The summed E-state index contributed by atoms with van der Waals surface area (Å²) in [6.45, 7) is 4.46. The Morgan fingerprint density at radius 3 is 1.47 bits per heavy atom. The van der Waals surface area contributed by atoms with Gasteiger partial charge in [-0.25, -0.2) is 0 Å². The van der Waals surface area contributed by atoms with Crippen LogP contribution < -0.4 is 9.80 Å². The van der Waals surface area contributed by atoms with E-state index < -0.39 is 4.92 Å². The molecule has 0 bridgehead atoms. The van der Waals surface area contributed by atoms with Crippen LogP contribution in [-0.2, 0) is 14.3 Å². The zero-order valence-electron chi connectivity index (χ0n) is 19.8. The predicted octanol–water partition coefficient (Wildman–Crippen LogP) is 2.88. The van der Waals surface area contributed by atoms with E-state index in [1.165, 1.54) is 12.1 Å². The number of Topliss-reactive ketones (excluding diaryl/α,β-unsaturated/α-hetero) is 1. The molecule has 0 atom stereocenters. The minimum Gasteiger partial charge on any atom is -0.412 e. The number of nitrogens with zero attached hydrogens (tertiary/aromatic N) is 4. The van der Waals surface area contributed by atoms with E-state index in [9.17, 15) is 25.0 Å². The van der Waals surface area contributed by atoms with E-state index in [2.05, 4.69) is 9.80 Å². The van der Waals surface area contributed by atoms with Crippen molar-refractivity contribution in [1.82, 2.24) is 0 Å². The maximum Gasteiger partial charge on any atom is 0.269 e. The summed E-state index contributed by atoms with van der Waals surface area (Å²) in [7, 11) is 0. The summed E-state index contributed by atoms with van der Waals surface area (Å²) in [6, 6.07) is 13.1. The first-order valence-corrected chi connectivity index (χ1v) is 11.6. The van der Waals surface area contributed by atoms with E-state index in [0.717, 1.165) is 37.3 Å². The summed E-state index contributed by atoms with van der Waals surface area (Å²) in [4.78, 5) is 35.7. The van der Waals surface area contributed by atoms with Gasteiger partial charge in [0.15, 0.2) is 5.79 Å². The van der Waals surface area contributed by atoms with Gasteiger partial charge in [0.2, 0.25) is 0 Å². The van der Waals surface area contributed by atoms with Gasteiger partial charge in [-0.15, -0.1) is 0 Å². The number of non-ortho nitro benzene ring substituents is 2. The summed E-state index contributed by atoms with van der Waals surface area (Å²) in [5.74, 6) is -0.0877. The molecule has 0 radical (unpaired) electrons. The van der Waals surface area contributed by atoms with Crippen LogP contribution in [0.3, 0.4) is 0 Å². The fourth-order valence-corrected chi connectivity index (χ4v) is 4.48. The number of carbonyl (C=O) groups is 1. The molecule has 3 saturated heterocycles. The molecule has 0 aromatic heterocycles. The Morgan fingerprint density at radius 2 is 1.08 bits per heavy atom. The molecule has 1 spiro atoms. The average Bonchev–Trinajstić information content (AvgIpc) is 3.33. The van der Waals surface area contributed by atoms with Crippen LogP contribution in [0.25, 0.3) is 0 Å². The van der Waals surface area contributed by atoms with Crippen LogP contribution in [0.4, 0.5) is 22.7 Å². The van der Waals surface area contributed by atoms with Crippen molar-refractivity contribution in [3.8, 4) is 0 Å². The summed E-state index contributed by atoms with van der Waals surface area (Å²) in [5.41, 5.74) is 2.17. The molecule has 0 saturated carbocycles. The number of piperidine rings is 2. The molecule has 3 heterocycles. The molecule has 12 heteroatoms. The first kappa shape index (κ1) is 27.0. The van der Waals surface area contributed by atoms with Gasteiger partial charge in [0.25, 0.3) is 11.4 Å². The number of anilines is 2. The number of ether oxygens (including phenoxy) is 2. The lowest BCUT2D eigenvalue weighted by Crippen LogP contribution is -2.45. The third-order valence-corrected chi connectivity index (χ3v) is 6.51. The van der Waals surface area contributed by atoms with Crippen molar-refractivity contribution in [2.45, 2.75) is 31.5 Å². The number of rotatable bonds is 4. The molecule has 3 fully saturated rings. The highest BCUT2D eigenvalue weighted by molar-refractivity contribution is 5.81.